The van der Waals surface area contributed by atoms with Crippen molar-refractivity contribution in [2.45, 2.75) is 37.4 Å². The molecule has 62 heavy (non-hydrogen) atoms. The van der Waals surface area contributed by atoms with E-state index >= 15 is 0 Å². The van der Waals surface area contributed by atoms with Crippen molar-refractivity contribution in [3.05, 3.63) is 227 Å². The van der Waals surface area contributed by atoms with Crippen LogP contribution in [0.5, 0.6) is 0 Å². The molecule has 2 aliphatic heterocycles. The molecule has 2 N–H and O–H groups in total. The summed E-state index contributed by atoms with van der Waals surface area (Å²) in [6.07, 6.45) is 24.9. The van der Waals surface area contributed by atoms with Crippen LogP contribution < -0.4 is 10.6 Å². The summed E-state index contributed by atoms with van der Waals surface area (Å²) in [5.74, 6) is 2.42. The molecule has 5 heterocycles. The van der Waals surface area contributed by atoms with Crippen LogP contribution in [0.3, 0.4) is 0 Å². The average molecular weight is 809 g/mol. The molecular formula is C52H44N10. The summed E-state index contributed by atoms with van der Waals surface area (Å²) in [7, 11) is 0. The quantitative estimate of drug-likeness (QED) is 0.114. The van der Waals surface area contributed by atoms with Crippen LogP contribution in [-0.4, -0.2) is 51.6 Å². The monoisotopic (exact) mass is 808 g/mol. The van der Waals surface area contributed by atoms with E-state index < -0.39 is 11.6 Å². The molecule has 5 aromatic rings. The first-order valence-electron chi connectivity index (χ1n) is 21.0. The highest BCUT2D eigenvalue weighted by atomic mass is 15.2. The van der Waals surface area contributed by atoms with Gasteiger partial charge in [0.25, 0.3) is 0 Å². The Kier molecular flexibility index (Phi) is 10.6. The highest BCUT2D eigenvalue weighted by Gasteiger charge is 2.50. The number of allylic oxidation sites excluding steroid dienone is 9. The molecular weight excluding hydrogens is 765 g/mol. The summed E-state index contributed by atoms with van der Waals surface area (Å²) < 4.78 is 0. The molecule has 2 aromatic carbocycles. The van der Waals surface area contributed by atoms with E-state index in [1.165, 1.54) is 33.4 Å². The lowest BCUT2D eigenvalue weighted by Gasteiger charge is -2.40. The van der Waals surface area contributed by atoms with Crippen molar-refractivity contribution >= 4 is 35.6 Å². The third-order valence-electron chi connectivity index (χ3n) is 11.9. The fourth-order valence-electron chi connectivity index (χ4n) is 9.07. The number of rotatable bonds is 9. The van der Waals surface area contributed by atoms with Crippen molar-refractivity contribution < 1.29 is 0 Å². The van der Waals surface area contributed by atoms with Gasteiger partial charge in [0.2, 0.25) is 0 Å². The molecule has 10 rings (SSSR count). The minimum Gasteiger partial charge on any atom is -0.379 e. The Labute approximate surface area is 361 Å². The molecule has 0 fully saturated rings. The molecule has 5 aliphatic rings. The maximum atomic E-state index is 5.26. The molecule has 3 atom stereocenters. The third kappa shape index (κ3) is 7.29. The number of nitrogens with zero attached hydrogens (tertiary/aromatic N) is 8. The number of dihydropyridines is 1. The van der Waals surface area contributed by atoms with Gasteiger partial charge in [0.05, 0.1) is 23.4 Å². The fraction of sp³-hybridized carbons (Fsp3) is 0.154. The lowest BCUT2D eigenvalue weighted by Crippen LogP contribution is -2.41. The zero-order valence-electron chi connectivity index (χ0n) is 34.1. The van der Waals surface area contributed by atoms with Crippen LogP contribution in [0.1, 0.15) is 64.8 Å². The first kappa shape index (κ1) is 38.5. The molecule has 3 aromatic heterocycles. The van der Waals surface area contributed by atoms with Gasteiger partial charge < -0.3 is 10.6 Å². The number of hydrogen-bond acceptors (Lipinski definition) is 8. The minimum absolute atomic E-state index is 0.0638. The first-order chi connectivity index (χ1) is 30.7. The summed E-state index contributed by atoms with van der Waals surface area (Å²) in [4.78, 5) is 38.6. The predicted octanol–water partition coefficient (Wildman–Crippen LogP) is 9.01. The number of pyridine rings is 3. The molecule has 3 unspecified atom stereocenters. The predicted molar refractivity (Wildman–Crippen MR) is 249 cm³/mol. The molecule has 0 amide bonds. The normalized spacial score (nSPS) is 21.7. The number of hydrogen-bond donors (Lipinski definition) is 2. The van der Waals surface area contributed by atoms with Crippen molar-refractivity contribution in [2.75, 3.05) is 6.54 Å². The standard InChI is InChI=1S/C52H44N10/c1-53-48(43-20-8-12-28-54-43)61-49(44-21-9-13-29-55-44)58-34-35-24-26-39-40-27-25-36(47-59-50(45-22-10-14-30-56-45)62-51(60-47)46-23-11-15-31-57-46)33-42(40)52(41(39)32-35,37-16-4-2-5-17-37)38-18-6-3-7-19-38/h2-6,8-18,20-27,29-32,36,50,54H,1,7,19,28,33-34H2,(H,59,60,62). The number of benzene rings is 2. The Balaban J connectivity index is 1.07. The average Bonchev–Trinajstić information content (AvgIpc) is 3.65. The van der Waals surface area contributed by atoms with Crippen LogP contribution in [0.4, 0.5) is 0 Å². The summed E-state index contributed by atoms with van der Waals surface area (Å²) in [6, 6.07) is 35.4. The molecule has 0 saturated carbocycles. The van der Waals surface area contributed by atoms with E-state index in [0.717, 1.165) is 47.7 Å². The van der Waals surface area contributed by atoms with Crippen LogP contribution >= 0.6 is 0 Å². The van der Waals surface area contributed by atoms with Gasteiger partial charge in [-0.05, 0) is 102 Å². The molecule has 302 valence electrons. The summed E-state index contributed by atoms with van der Waals surface area (Å²) in [6.45, 7) is 4.90. The second-order valence-corrected chi connectivity index (χ2v) is 15.5. The Hall–Kier alpha value is -7.72. The number of aliphatic imine (C=N–C) groups is 5. The van der Waals surface area contributed by atoms with Crippen molar-refractivity contribution in [2.24, 2.45) is 30.9 Å². The number of aromatic nitrogens is 3. The Morgan fingerprint density at radius 3 is 2.37 bits per heavy atom. The van der Waals surface area contributed by atoms with Crippen LogP contribution in [0, 0.1) is 5.92 Å². The first-order valence-corrected chi connectivity index (χ1v) is 21.0. The number of fused-ring (bicyclic) bond motifs is 2. The lowest BCUT2D eigenvalue weighted by molar-refractivity contribution is 0.616. The third-order valence-corrected chi connectivity index (χ3v) is 11.9. The van der Waals surface area contributed by atoms with E-state index in [-0.39, 0.29) is 5.92 Å². The van der Waals surface area contributed by atoms with Gasteiger partial charge in [0, 0.05) is 31.1 Å². The topological polar surface area (TPSA) is 125 Å². The van der Waals surface area contributed by atoms with Crippen molar-refractivity contribution in [1.29, 1.82) is 0 Å². The Morgan fingerprint density at radius 2 is 1.63 bits per heavy atom. The van der Waals surface area contributed by atoms with E-state index in [0.29, 0.717) is 36.3 Å². The van der Waals surface area contributed by atoms with Crippen LogP contribution in [0.25, 0.3) is 5.57 Å². The van der Waals surface area contributed by atoms with E-state index in [1.807, 2.05) is 72.8 Å². The highest BCUT2D eigenvalue weighted by Crippen LogP contribution is 2.59. The van der Waals surface area contributed by atoms with Crippen molar-refractivity contribution in [3.8, 4) is 0 Å². The van der Waals surface area contributed by atoms with Crippen LogP contribution in [-0.2, 0) is 12.0 Å². The maximum Gasteiger partial charge on any atom is 0.186 e. The van der Waals surface area contributed by atoms with Crippen molar-refractivity contribution in [3.63, 3.8) is 0 Å². The summed E-state index contributed by atoms with van der Waals surface area (Å²) in [5, 5.41) is 6.98. The molecule has 10 nitrogen and oxygen atoms in total. The largest absolute Gasteiger partial charge is 0.379 e. The molecule has 10 heteroatoms. The lowest BCUT2D eigenvalue weighted by atomic mass is 9.62. The van der Waals surface area contributed by atoms with E-state index in [9.17, 15) is 0 Å². The second-order valence-electron chi connectivity index (χ2n) is 15.5. The molecule has 0 spiro atoms. The second kappa shape index (κ2) is 17.1. The van der Waals surface area contributed by atoms with Gasteiger partial charge in [0.15, 0.2) is 23.7 Å². The zero-order valence-corrected chi connectivity index (χ0v) is 34.1. The maximum absolute atomic E-state index is 5.26. The van der Waals surface area contributed by atoms with Gasteiger partial charge in [-0.25, -0.2) is 20.0 Å². The van der Waals surface area contributed by atoms with Crippen LogP contribution in [0.15, 0.2) is 212 Å². The van der Waals surface area contributed by atoms with Gasteiger partial charge in [-0.15, -0.1) is 0 Å². The van der Waals surface area contributed by atoms with Gasteiger partial charge in [-0.3, -0.25) is 19.9 Å². The zero-order chi connectivity index (χ0) is 41.7. The van der Waals surface area contributed by atoms with Crippen molar-refractivity contribution in [1.82, 2.24) is 25.6 Å². The van der Waals surface area contributed by atoms with Gasteiger partial charge >= 0.3 is 0 Å². The van der Waals surface area contributed by atoms with Gasteiger partial charge in [-0.1, -0.05) is 115 Å². The van der Waals surface area contributed by atoms with E-state index in [2.05, 4.69) is 116 Å². The molecule has 3 aliphatic carbocycles. The smallest absolute Gasteiger partial charge is 0.186 e. The fourth-order valence-corrected chi connectivity index (χ4v) is 9.07. The van der Waals surface area contributed by atoms with E-state index in [1.54, 1.807) is 18.6 Å². The molecule has 0 bridgehead atoms. The summed E-state index contributed by atoms with van der Waals surface area (Å²) >= 11 is 0. The van der Waals surface area contributed by atoms with Gasteiger partial charge in [0.1, 0.15) is 17.2 Å². The number of nitrogens with one attached hydrogen (secondary N) is 2. The van der Waals surface area contributed by atoms with E-state index in [4.69, 9.17) is 20.0 Å². The van der Waals surface area contributed by atoms with Crippen LogP contribution in [0.2, 0.25) is 0 Å². The Morgan fingerprint density at radius 1 is 0.806 bits per heavy atom. The highest BCUT2D eigenvalue weighted by molar-refractivity contribution is 6.12. The van der Waals surface area contributed by atoms with Gasteiger partial charge in [-0.2, -0.15) is 0 Å². The minimum atomic E-state index is -0.526. The SMILES string of the molecule is C=NC(=NC(=NCc1ccc2c(c1)C(C1=CC=CCC1)(c1ccccc1)C1=C2C=CC(C2=NC(c3ccccn3)N=C(c3ccccn3)N2)C1)c1ccccn1)C1=CC=CCN1. The molecule has 0 radical (unpaired) electrons. The number of amidine groups is 4. The summed E-state index contributed by atoms with van der Waals surface area (Å²) in [5.41, 5.74) is 11.2. The molecule has 0 saturated heterocycles. The Bertz CT molecular complexity index is 2830.